The Morgan fingerprint density at radius 2 is 2.11 bits per heavy atom. The second kappa shape index (κ2) is 10.8. The van der Waals surface area contributed by atoms with Crippen LogP contribution in [0.5, 0.6) is 0 Å². The van der Waals surface area contributed by atoms with Crippen molar-refractivity contribution in [2.45, 2.75) is 68.0 Å². The number of thioether (sulfide) groups is 1. The molecule has 4 heterocycles. The first-order chi connectivity index (χ1) is 17.4. The highest BCUT2D eigenvalue weighted by Gasteiger charge is 2.49. The average molecular weight is 564 g/mol. The Bertz CT molecular complexity index is 1370. The Labute approximate surface area is 213 Å². The number of aromatic amines is 1. The Morgan fingerprint density at radius 3 is 2.78 bits per heavy atom. The van der Waals surface area contributed by atoms with Crippen LogP contribution < -0.4 is 22.7 Å². The summed E-state index contributed by atoms with van der Waals surface area (Å²) in [4.78, 5) is 51.9. The second-order valence-corrected chi connectivity index (χ2v) is 11.5. The molecule has 17 heteroatoms. The van der Waals surface area contributed by atoms with E-state index in [1.165, 1.54) is 25.4 Å². The van der Waals surface area contributed by atoms with Crippen molar-refractivity contribution in [1.29, 1.82) is 0 Å². The fraction of sp³-hybridized carbons (Fsp3) is 0.600. The second-order valence-electron chi connectivity index (χ2n) is 8.71. The van der Waals surface area contributed by atoms with Crippen LogP contribution in [-0.2, 0) is 18.3 Å². The third kappa shape index (κ3) is 5.90. The van der Waals surface area contributed by atoms with Gasteiger partial charge in [0.15, 0.2) is 6.17 Å². The fourth-order valence-electron chi connectivity index (χ4n) is 4.18. The summed E-state index contributed by atoms with van der Waals surface area (Å²) in [5.74, 6) is -0.0214. The molecule has 0 aromatic carbocycles. The molecule has 2 aromatic rings. The number of hydrogen-bond acceptors (Lipinski definition) is 11. The summed E-state index contributed by atoms with van der Waals surface area (Å²) in [6.07, 6.45) is -3.58. The number of phosphoric ester groups is 1. The zero-order chi connectivity index (χ0) is 27.1. The van der Waals surface area contributed by atoms with Crippen LogP contribution in [0.4, 0.5) is 10.2 Å². The highest BCUT2D eigenvalue weighted by atomic mass is 32.2. The number of aliphatic hydroxyl groups excluding tert-OH is 1. The number of nitrogens with two attached hydrogens (primary N) is 1. The van der Waals surface area contributed by atoms with Gasteiger partial charge in [-0.15, -0.1) is 11.8 Å². The summed E-state index contributed by atoms with van der Waals surface area (Å²) < 4.78 is 46.0. The third-order valence-corrected chi connectivity index (χ3v) is 8.81. The molecular weight excluding hydrogens is 536 g/mol. The van der Waals surface area contributed by atoms with Crippen LogP contribution in [0.1, 0.15) is 36.9 Å². The molecule has 4 rings (SSSR count). The Morgan fingerprint density at radius 1 is 1.38 bits per heavy atom. The lowest BCUT2D eigenvalue weighted by Gasteiger charge is -2.24. The normalized spacial score (nSPS) is 31.4. The minimum atomic E-state index is -4.85. The maximum Gasteiger partial charge on any atom is 0.472 e. The maximum absolute atomic E-state index is 15.4. The number of nitrogens with zero attached hydrogens (tertiary/aromatic N) is 3. The predicted octanol–water partition coefficient (Wildman–Crippen LogP) is 0.197. The number of aromatic nitrogens is 4. The first-order valence-corrected chi connectivity index (χ1v) is 13.8. The number of nitrogens with one attached hydrogen (secondary N) is 1. The number of ether oxygens (including phenoxy) is 1. The molecule has 2 aliphatic rings. The topological polar surface area (TPSA) is 201 Å². The first kappa shape index (κ1) is 27.7. The zero-order valence-electron chi connectivity index (χ0n) is 19.8. The van der Waals surface area contributed by atoms with E-state index in [1.807, 2.05) is 0 Å². The minimum Gasteiger partial charge on any atom is -0.390 e. The molecule has 2 saturated heterocycles. The van der Waals surface area contributed by atoms with Gasteiger partial charge in [-0.05, 0) is 19.4 Å². The molecule has 5 N–H and O–H groups in total. The summed E-state index contributed by atoms with van der Waals surface area (Å²) >= 11 is 1.06. The summed E-state index contributed by atoms with van der Waals surface area (Å²) in [5, 5.41) is 8.69. The van der Waals surface area contributed by atoms with Crippen molar-refractivity contribution in [2.24, 2.45) is 0 Å². The molecule has 37 heavy (non-hydrogen) atoms. The van der Waals surface area contributed by atoms with Gasteiger partial charge in [-0.2, -0.15) is 4.98 Å². The molecule has 14 nitrogen and oxygen atoms in total. The monoisotopic (exact) mass is 563 g/mol. The minimum absolute atomic E-state index is 0.0214. The summed E-state index contributed by atoms with van der Waals surface area (Å²) in [6, 6.07) is 1.34. The van der Waals surface area contributed by atoms with Gasteiger partial charge in [0.2, 0.25) is 0 Å². The van der Waals surface area contributed by atoms with E-state index in [0.29, 0.717) is 6.42 Å². The van der Waals surface area contributed by atoms with Gasteiger partial charge in [0.05, 0.1) is 12.7 Å². The number of nitrogen functional groups attached to an aromatic ring is 1. The molecule has 0 amide bonds. The van der Waals surface area contributed by atoms with E-state index in [2.05, 4.69) is 9.97 Å². The van der Waals surface area contributed by atoms with Crippen molar-refractivity contribution < 1.29 is 32.7 Å². The van der Waals surface area contributed by atoms with E-state index in [-0.39, 0.29) is 17.8 Å². The van der Waals surface area contributed by atoms with E-state index >= 15 is 4.39 Å². The van der Waals surface area contributed by atoms with Crippen LogP contribution in [0.3, 0.4) is 0 Å². The van der Waals surface area contributed by atoms with Gasteiger partial charge in [0.25, 0.3) is 5.56 Å². The van der Waals surface area contributed by atoms with Gasteiger partial charge < -0.3 is 20.5 Å². The summed E-state index contributed by atoms with van der Waals surface area (Å²) in [6.45, 7) is 2.63. The molecule has 2 aromatic heterocycles. The van der Waals surface area contributed by atoms with Gasteiger partial charge in [-0.25, -0.2) is 18.5 Å². The number of aliphatic hydroxyl groups is 1. The maximum atomic E-state index is 15.4. The smallest absolute Gasteiger partial charge is 0.390 e. The number of H-pyrrole nitrogens is 1. The largest absolute Gasteiger partial charge is 0.472 e. The Hall–Kier alpha value is -2.33. The van der Waals surface area contributed by atoms with Crippen molar-refractivity contribution >= 4 is 25.4 Å². The van der Waals surface area contributed by atoms with Gasteiger partial charge >= 0.3 is 19.2 Å². The van der Waals surface area contributed by atoms with Gasteiger partial charge in [0, 0.05) is 29.6 Å². The number of hydrogen-bond donors (Lipinski definition) is 4. The molecule has 2 fully saturated rings. The number of aryl methyl sites for hydroxylation is 1. The van der Waals surface area contributed by atoms with Gasteiger partial charge in [-0.1, -0.05) is 6.92 Å². The number of phosphoric acid groups is 1. The molecule has 0 bridgehead atoms. The Balaban J connectivity index is 1.41. The van der Waals surface area contributed by atoms with Crippen LogP contribution in [0.15, 0.2) is 32.8 Å². The number of halogens is 1. The molecule has 204 valence electrons. The summed E-state index contributed by atoms with van der Waals surface area (Å²) in [5.41, 5.74) is 3.67. The SMILES string of the molecule is CC[C@H]1S[C@@H](n2ccc(N)nc2=O)[C@@H](F)[C@@H]1OP(=O)(O)OC[C@H]1O[C@@H](n2cc(C)c(=O)[nH]c2=O)C[C@@H]1O. The molecule has 1 unspecified atom stereocenters. The average Bonchev–Trinajstić information content (AvgIpc) is 3.34. The van der Waals surface area contributed by atoms with Crippen LogP contribution in [0.2, 0.25) is 0 Å². The highest BCUT2D eigenvalue weighted by molar-refractivity contribution is 8.00. The van der Waals surface area contributed by atoms with Crippen LogP contribution in [0, 0.1) is 6.92 Å². The van der Waals surface area contributed by atoms with Gasteiger partial charge in [0.1, 0.15) is 29.6 Å². The standard InChI is InChI=1S/C20H27FN5O9PS/c1-3-12-16(15(21)18(37-12)25-5-4-13(22)23-19(25)29)35-36(31,32)33-8-11-10(27)6-14(34-11)26-7-9(2)17(28)24-20(26)30/h4-5,7,10-12,14-16,18,27H,3,6,8H2,1-2H3,(H,31,32)(H2,22,23,29)(H,24,28,30)/t10-,11+,12+,14+,15-,16+,18+/m0/s1. The molecule has 0 aliphatic carbocycles. The quantitative estimate of drug-likeness (QED) is 0.318. The van der Waals surface area contributed by atoms with Crippen molar-refractivity contribution in [3.05, 3.63) is 55.3 Å². The fourth-order valence-corrected chi connectivity index (χ4v) is 6.74. The van der Waals surface area contributed by atoms with Crippen LogP contribution in [0.25, 0.3) is 0 Å². The molecular formula is C20H27FN5O9PS. The van der Waals surface area contributed by atoms with E-state index < -0.39 is 72.7 Å². The number of alkyl halides is 1. The van der Waals surface area contributed by atoms with E-state index in [4.69, 9.17) is 19.5 Å². The third-order valence-electron chi connectivity index (χ3n) is 6.11. The van der Waals surface area contributed by atoms with Crippen LogP contribution >= 0.6 is 19.6 Å². The number of anilines is 1. The highest BCUT2D eigenvalue weighted by Crippen LogP contribution is 2.53. The lowest BCUT2D eigenvalue weighted by molar-refractivity contribution is -0.0497. The van der Waals surface area contributed by atoms with E-state index in [9.17, 15) is 28.9 Å². The number of rotatable bonds is 8. The lowest BCUT2D eigenvalue weighted by atomic mass is 10.1. The molecule has 0 spiro atoms. The molecule has 8 atom stereocenters. The molecule has 0 saturated carbocycles. The lowest BCUT2D eigenvalue weighted by Crippen LogP contribution is -2.34. The van der Waals surface area contributed by atoms with E-state index in [1.54, 1.807) is 6.92 Å². The molecule has 0 radical (unpaired) electrons. The van der Waals surface area contributed by atoms with Crippen molar-refractivity contribution in [1.82, 2.24) is 19.1 Å². The van der Waals surface area contributed by atoms with E-state index in [0.717, 1.165) is 20.9 Å². The Kier molecular flexibility index (Phi) is 8.09. The first-order valence-electron chi connectivity index (χ1n) is 11.4. The zero-order valence-corrected chi connectivity index (χ0v) is 21.5. The van der Waals surface area contributed by atoms with Crippen LogP contribution in [-0.4, -0.2) is 65.4 Å². The van der Waals surface area contributed by atoms with Gasteiger partial charge in [-0.3, -0.25) is 28.0 Å². The van der Waals surface area contributed by atoms with Crippen molar-refractivity contribution in [2.75, 3.05) is 12.3 Å². The van der Waals surface area contributed by atoms with Crippen molar-refractivity contribution in [3.8, 4) is 0 Å². The van der Waals surface area contributed by atoms with Crippen molar-refractivity contribution in [3.63, 3.8) is 0 Å². The molecule has 2 aliphatic heterocycles. The summed E-state index contributed by atoms with van der Waals surface area (Å²) in [7, 11) is -4.85. The predicted molar refractivity (Wildman–Crippen MR) is 130 cm³/mol.